The number of benzene rings is 1. The van der Waals surface area contributed by atoms with E-state index in [0.29, 0.717) is 6.61 Å². The first-order valence-electron chi connectivity index (χ1n) is 6.50. The number of hydrogen-bond acceptors (Lipinski definition) is 2. The lowest BCUT2D eigenvalue weighted by Crippen LogP contribution is -2.13. The zero-order valence-corrected chi connectivity index (χ0v) is 10.7. The SMILES string of the molecule is CCOc1ccc(C)cc1C(=O)C1CCCC1. The maximum Gasteiger partial charge on any atom is 0.169 e. The monoisotopic (exact) mass is 232 g/mol. The molecule has 1 aromatic rings. The zero-order valence-electron chi connectivity index (χ0n) is 10.7. The van der Waals surface area contributed by atoms with E-state index in [0.717, 1.165) is 29.7 Å². The van der Waals surface area contributed by atoms with Gasteiger partial charge in [-0.05, 0) is 38.8 Å². The number of rotatable bonds is 4. The summed E-state index contributed by atoms with van der Waals surface area (Å²) in [6.45, 7) is 4.57. The fourth-order valence-corrected chi connectivity index (χ4v) is 2.53. The van der Waals surface area contributed by atoms with Crippen LogP contribution in [0.1, 0.15) is 48.5 Å². The first kappa shape index (κ1) is 12.2. The van der Waals surface area contributed by atoms with Gasteiger partial charge in [0.1, 0.15) is 5.75 Å². The molecule has 2 nitrogen and oxygen atoms in total. The molecule has 92 valence electrons. The summed E-state index contributed by atoms with van der Waals surface area (Å²) >= 11 is 0. The number of hydrogen-bond donors (Lipinski definition) is 0. The van der Waals surface area contributed by atoms with Gasteiger partial charge in [0.25, 0.3) is 0 Å². The molecule has 0 amide bonds. The van der Waals surface area contributed by atoms with Gasteiger partial charge in [0.05, 0.1) is 12.2 Å². The number of Topliss-reactive ketones (excluding diaryl/α,β-unsaturated/α-hetero) is 1. The Balaban J connectivity index is 2.28. The van der Waals surface area contributed by atoms with Gasteiger partial charge in [-0.1, -0.05) is 24.5 Å². The van der Waals surface area contributed by atoms with Crippen molar-refractivity contribution >= 4 is 5.78 Å². The Morgan fingerprint density at radius 2 is 2.06 bits per heavy atom. The van der Waals surface area contributed by atoms with Crippen LogP contribution in [-0.2, 0) is 0 Å². The molecule has 17 heavy (non-hydrogen) atoms. The second kappa shape index (κ2) is 5.35. The molecule has 0 unspecified atom stereocenters. The van der Waals surface area contributed by atoms with Gasteiger partial charge in [0.2, 0.25) is 0 Å². The highest BCUT2D eigenvalue weighted by Crippen LogP contribution is 2.31. The van der Waals surface area contributed by atoms with E-state index < -0.39 is 0 Å². The molecule has 0 N–H and O–H groups in total. The lowest BCUT2D eigenvalue weighted by molar-refractivity contribution is 0.0919. The van der Waals surface area contributed by atoms with Gasteiger partial charge < -0.3 is 4.74 Å². The minimum atomic E-state index is 0.219. The van der Waals surface area contributed by atoms with E-state index in [2.05, 4.69) is 0 Å². The molecule has 1 aliphatic carbocycles. The molecule has 1 fully saturated rings. The van der Waals surface area contributed by atoms with E-state index in [1.165, 1.54) is 12.8 Å². The predicted octanol–water partition coefficient (Wildman–Crippen LogP) is 3.77. The van der Waals surface area contributed by atoms with Crippen LogP contribution >= 0.6 is 0 Å². The fourth-order valence-electron chi connectivity index (χ4n) is 2.53. The molecule has 1 saturated carbocycles. The molecule has 0 aliphatic heterocycles. The van der Waals surface area contributed by atoms with Crippen molar-refractivity contribution in [2.45, 2.75) is 39.5 Å². The van der Waals surface area contributed by atoms with Crippen molar-refractivity contribution in [2.24, 2.45) is 5.92 Å². The van der Waals surface area contributed by atoms with Gasteiger partial charge in [0, 0.05) is 5.92 Å². The number of carbonyl (C=O) groups excluding carboxylic acids is 1. The standard InChI is InChI=1S/C15H20O2/c1-3-17-14-9-8-11(2)10-13(14)15(16)12-6-4-5-7-12/h8-10,12H,3-7H2,1-2H3. The quantitative estimate of drug-likeness (QED) is 0.739. The van der Waals surface area contributed by atoms with Crippen molar-refractivity contribution in [1.29, 1.82) is 0 Å². The molecule has 0 atom stereocenters. The molecule has 1 aliphatic rings. The number of ketones is 1. The summed E-state index contributed by atoms with van der Waals surface area (Å²) in [5.41, 5.74) is 1.90. The third kappa shape index (κ3) is 2.68. The first-order valence-corrected chi connectivity index (χ1v) is 6.50. The lowest BCUT2D eigenvalue weighted by Gasteiger charge is -2.13. The Kier molecular flexibility index (Phi) is 3.82. The summed E-state index contributed by atoms with van der Waals surface area (Å²) in [4.78, 5) is 12.4. The summed E-state index contributed by atoms with van der Waals surface area (Å²) in [7, 11) is 0. The molecule has 2 rings (SSSR count). The van der Waals surface area contributed by atoms with Crippen LogP contribution in [-0.4, -0.2) is 12.4 Å². The number of aryl methyl sites for hydroxylation is 1. The Bertz CT molecular complexity index is 403. The van der Waals surface area contributed by atoms with Crippen LogP contribution in [0.4, 0.5) is 0 Å². The topological polar surface area (TPSA) is 26.3 Å². The Morgan fingerprint density at radius 1 is 1.35 bits per heavy atom. The van der Waals surface area contributed by atoms with Crippen LogP contribution in [0.5, 0.6) is 5.75 Å². The number of carbonyl (C=O) groups is 1. The maximum atomic E-state index is 12.4. The highest BCUT2D eigenvalue weighted by molar-refractivity contribution is 6.00. The molecular weight excluding hydrogens is 212 g/mol. The normalized spacial score (nSPS) is 16.1. The molecule has 0 bridgehead atoms. The van der Waals surface area contributed by atoms with Crippen LogP contribution in [0.15, 0.2) is 18.2 Å². The second-order valence-electron chi connectivity index (χ2n) is 4.78. The fraction of sp³-hybridized carbons (Fsp3) is 0.533. The minimum absolute atomic E-state index is 0.219. The lowest BCUT2D eigenvalue weighted by atomic mass is 9.94. The Morgan fingerprint density at radius 3 is 2.71 bits per heavy atom. The summed E-state index contributed by atoms with van der Waals surface area (Å²) in [6, 6.07) is 5.88. The smallest absolute Gasteiger partial charge is 0.169 e. The maximum absolute atomic E-state index is 12.4. The highest BCUT2D eigenvalue weighted by atomic mass is 16.5. The summed E-state index contributed by atoms with van der Waals surface area (Å²) in [6.07, 6.45) is 4.45. The van der Waals surface area contributed by atoms with Gasteiger partial charge in [-0.2, -0.15) is 0 Å². The van der Waals surface area contributed by atoms with Crippen molar-refractivity contribution in [3.8, 4) is 5.75 Å². The summed E-state index contributed by atoms with van der Waals surface area (Å²) < 4.78 is 5.55. The van der Waals surface area contributed by atoms with Gasteiger partial charge in [0.15, 0.2) is 5.78 Å². The van der Waals surface area contributed by atoms with Crippen molar-refractivity contribution < 1.29 is 9.53 Å². The van der Waals surface area contributed by atoms with Crippen LogP contribution in [0, 0.1) is 12.8 Å². The van der Waals surface area contributed by atoms with Gasteiger partial charge in [-0.15, -0.1) is 0 Å². The third-order valence-corrected chi connectivity index (χ3v) is 3.43. The van der Waals surface area contributed by atoms with E-state index in [4.69, 9.17) is 4.74 Å². The van der Waals surface area contributed by atoms with Crippen LogP contribution < -0.4 is 4.74 Å². The molecule has 0 heterocycles. The largest absolute Gasteiger partial charge is 0.493 e. The van der Waals surface area contributed by atoms with Crippen molar-refractivity contribution in [1.82, 2.24) is 0 Å². The van der Waals surface area contributed by atoms with Gasteiger partial charge in [-0.3, -0.25) is 4.79 Å². The molecule has 0 aromatic heterocycles. The molecule has 1 aromatic carbocycles. The summed E-state index contributed by atoms with van der Waals surface area (Å²) in [5.74, 6) is 1.24. The number of ether oxygens (including phenoxy) is 1. The molecule has 0 saturated heterocycles. The Hall–Kier alpha value is -1.31. The average molecular weight is 232 g/mol. The van der Waals surface area contributed by atoms with Gasteiger partial charge in [-0.25, -0.2) is 0 Å². The molecule has 2 heteroatoms. The van der Waals surface area contributed by atoms with E-state index in [1.54, 1.807) is 0 Å². The van der Waals surface area contributed by atoms with Crippen molar-refractivity contribution in [3.05, 3.63) is 29.3 Å². The predicted molar refractivity (Wildman–Crippen MR) is 68.6 cm³/mol. The second-order valence-corrected chi connectivity index (χ2v) is 4.78. The molecule has 0 radical (unpaired) electrons. The van der Waals surface area contributed by atoms with Gasteiger partial charge >= 0.3 is 0 Å². The van der Waals surface area contributed by atoms with Crippen LogP contribution in [0.3, 0.4) is 0 Å². The van der Waals surface area contributed by atoms with Crippen molar-refractivity contribution in [2.75, 3.05) is 6.61 Å². The van der Waals surface area contributed by atoms with E-state index in [9.17, 15) is 4.79 Å². The molecular formula is C15H20O2. The summed E-state index contributed by atoms with van der Waals surface area (Å²) in [5, 5.41) is 0. The van der Waals surface area contributed by atoms with Crippen molar-refractivity contribution in [3.63, 3.8) is 0 Å². The first-order chi connectivity index (χ1) is 8.22. The van der Waals surface area contributed by atoms with Crippen LogP contribution in [0.2, 0.25) is 0 Å². The van der Waals surface area contributed by atoms with Crippen LogP contribution in [0.25, 0.3) is 0 Å². The third-order valence-electron chi connectivity index (χ3n) is 3.43. The van der Waals surface area contributed by atoms with E-state index in [1.807, 2.05) is 32.0 Å². The van der Waals surface area contributed by atoms with E-state index in [-0.39, 0.29) is 11.7 Å². The zero-order chi connectivity index (χ0) is 12.3. The van der Waals surface area contributed by atoms with E-state index >= 15 is 0 Å². The Labute approximate surface area is 103 Å². The minimum Gasteiger partial charge on any atom is -0.493 e. The molecule has 0 spiro atoms. The highest BCUT2D eigenvalue weighted by Gasteiger charge is 2.26. The average Bonchev–Trinajstić information content (AvgIpc) is 2.84.